The van der Waals surface area contributed by atoms with Gasteiger partial charge in [-0.2, -0.15) is 9.40 Å². The number of rotatable bonds is 8. The van der Waals surface area contributed by atoms with Crippen molar-refractivity contribution < 1.29 is 8.42 Å². The highest BCUT2D eigenvalue weighted by atomic mass is 32.2. The summed E-state index contributed by atoms with van der Waals surface area (Å²) < 4.78 is 31.6. The predicted molar refractivity (Wildman–Crippen MR) is 158 cm³/mol. The fourth-order valence-electron chi connectivity index (χ4n) is 5.47. The Labute approximate surface area is 236 Å². The maximum atomic E-state index is 14.1. The average molecular weight is 549 g/mol. The minimum Gasteiger partial charge on any atom is -0.290 e. The Balaban J connectivity index is 1.28. The number of aromatic nitrogens is 2. The van der Waals surface area contributed by atoms with Crippen LogP contribution in [0.2, 0.25) is 0 Å². The SMILES string of the molecule is O=S(=O)(c1cn(Cc2ccccc2)nc1-c1ccccc1)N1CCN(C(c2ccccc2)c2ccccc2)CC1. The fraction of sp³-hybridized carbons (Fsp3) is 0.182. The van der Waals surface area contributed by atoms with Gasteiger partial charge in [-0.3, -0.25) is 9.58 Å². The monoisotopic (exact) mass is 548 g/mol. The van der Waals surface area contributed by atoms with Crippen molar-refractivity contribution in [3.8, 4) is 11.3 Å². The minimum atomic E-state index is -3.77. The van der Waals surface area contributed by atoms with E-state index < -0.39 is 10.0 Å². The van der Waals surface area contributed by atoms with Gasteiger partial charge in [0.05, 0.1) is 12.6 Å². The van der Waals surface area contributed by atoms with E-state index in [1.807, 2.05) is 72.8 Å². The zero-order valence-electron chi connectivity index (χ0n) is 22.3. The highest BCUT2D eigenvalue weighted by molar-refractivity contribution is 7.89. The van der Waals surface area contributed by atoms with E-state index in [1.54, 1.807) is 15.2 Å². The van der Waals surface area contributed by atoms with Crippen LogP contribution in [-0.4, -0.2) is 53.6 Å². The summed E-state index contributed by atoms with van der Waals surface area (Å²) in [5.74, 6) is 0. The van der Waals surface area contributed by atoms with E-state index in [4.69, 9.17) is 5.10 Å². The minimum absolute atomic E-state index is 0.0701. The van der Waals surface area contributed by atoms with Gasteiger partial charge in [0.25, 0.3) is 0 Å². The summed E-state index contributed by atoms with van der Waals surface area (Å²) in [5, 5.41) is 4.76. The third-order valence-electron chi connectivity index (χ3n) is 7.45. The molecule has 202 valence electrons. The van der Waals surface area contributed by atoms with E-state index in [9.17, 15) is 8.42 Å². The van der Waals surface area contributed by atoms with Gasteiger partial charge in [-0.15, -0.1) is 0 Å². The molecule has 7 heteroatoms. The van der Waals surface area contributed by atoms with Crippen molar-refractivity contribution in [1.82, 2.24) is 19.0 Å². The lowest BCUT2D eigenvalue weighted by Gasteiger charge is -2.39. The zero-order valence-corrected chi connectivity index (χ0v) is 23.1. The lowest BCUT2D eigenvalue weighted by molar-refractivity contribution is 0.156. The van der Waals surface area contributed by atoms with Crippen molar-refractivity contribution in [1.29, 1.82) is 0 Å². The molecular formula is C33H32N4O2S. The van der Waals surface area contributed by atoms with Crippen molar-refractivity contribution in [3.63, 3.8) is 0 Å². The first-order valence-corrected chi connectivity index (χ1v) is 15.0. The molecule has 0 spiro atoms. The zero-order chi connectivity index (χ0) is 27.4. The number of hydrogen-bond donors (Lipinski definition) is 0. The number of sulfonamides is 1. The molecule has 0 radical (unpaired) electrons. The van der Waals surface area contributed by atoms with Gasteiger partial charge in [0.2, 0.25) is 10.0 Å². The van der Waals surface area contributed by atoms with Crippen LogP contribution in [0.25, 0.3) is 11.3 Å². The lowest BCUT2D eigenvalue weighted by Crippen LogP contribution is -2.49. The van der Waals surface area contributed by atoms with Crippen LogP contribution >= 0.6 is 0 Å². The van der Waals surface area contributed by atoms with Gasteiger partial charge in [-0.05, 0) is 16.7 Å². The number of benzene rings is 4. The molecule has 0 saturated carbocycles. The van der Waals surface area contributed by atoms with Crippen LogP contribution in [0.5, 0.6) is 0 Å². The highest BCUT2D eigenvalue weighted by Gasteiger charge is 2.35. The lowest BCUT2D eigenvalue weighted by atomic mass is 9.96. The first kappa shape index (κ1) is 26.2. The molecule has 1 saturated heterocycles. The molecule has 2 heterocycles. The standard InChI is InChI=1S/C33H32N4O2S/c38-40(39,31-26-36(25-27-13-5-1-6-14-27)34-32(31)28-15-7-2-8-16-28)37-23-21-35(22-24-37)33(29-17-9-3-10-18-29)30-19-11-4-12-20-30/h1-20,26,33H,21-25H2. The summed E-state index contributed by atoms with van der Waals surface area (Å²) in [7, 11) is -3.77. The number of hydrogen-bond acceptors (Lipinski definition) is 4. The second kappa shape index (κ2) is 11.6. The maximum absolute atomic E-state index is 14.1. The van der Waals surface area contributed by atoms with Crippen molar-refractivity contribution in [3.05, 3.63) is 144 Å². The van der Waals surface area contributed by atoms with Gasteiger partial charge in [-0.25, -0.2) is 8.42 Å². The third kappa shape index (κ3) is 5.49. The highest BCUT2D eigenvalue weighted by Crippen LogP contribution is 2.32. The fourth-order valence-corrected chi connectivity index (χ4v) is 7.05. The van der Waals surface area contributed by atoms with Crippen molar-refractivity contribution in [2.24, 2.45) is 0 Å². The molecular weight excluding hydrogens is 516 g/mol. The molecule has 0 aliphatic carbocycles. The van der Waals surface area contributed by atoms with E-state index in [-0.39, 0.29) is 10.9 Å². The van der Waals surface area contributed by atoms with Crippen LogP contribution in [-0.2, 0) is 16.6 Å². The van der Waals surface area contributed by atoms with Gasteiger partial charge in [0.15, 0.2) is 0 Å². The van der Waals surface area contributed by atoms with Crippen molar-refractivity contribution in [2.45, 2.75) is 17.5 Å². The third-order valence-corrected chi connectivity index (χ3v) is 9.35. The smallest absolute Gasteiger partial charge is 0.246 e. The Morgan fingerprint density at radius 1 is 0.650 bits per heavy atom. The summed E-state index contributed by atoms with van der Waals surface area (Å²) in [6, 6.07) is 40.5. The average Bonchev–Trinajstić information content (AvgIpc) is 3.44. The second-order valence-electron chi connectivity index (χ2n) is 10.1. The summed E-state index contributed by atoms with van der Waals surface area (Å²) in [6.45, 7) is 2.59. The first-order valence-electron chi connectivity index (χ1n) is 13.6. The Morgan fingerprint density at radius 2 is 1.15 bits per heavy atom. The molecule has 0 atom stereocenters. The van der Waals surface area contributed by atoms with Gasteiger partial charge in [-0.1, -0.05) is 121 Å². The van der Waals surface area contributed by atoms with E-state index in [0.29, 0.717) is 38.4 Å². The van der Waals surface area contributed by atoms with Crippen LogP contribution in [0.1, 0.15) is 22.7 Å². The van der Waals surface area contributed by atoms with E-state index in [0.717, 1.165) is 11.1 Å². The summed E-state index contributed by atoms with van der Waals surface area (Å²) in [6.07, 6.45) is 1.69. The summed E-state index contributed by atoms with van der Waals surface area (Å²) in [5.41, 5.74) is 4.76. The van der Waals surface area contributed by atoms with Crippen LogP contribution < -0.4 is 0 Å². The molecule has 40 heavy (non-hydrogen) atoms. The molecule has 1 aliphatic rings. The number of piperazine rings is 1. The molecule has 4 aromatic carbocycles. The quantitative estimate of drug-likeness (QED) is 0.250. The number of nitrogens with zero attached hydrogens (tertiary/aromatic N) is 4. The second-order valence-corrected chi connectivity index (χ2v) is 12.0. The van der Waals surface area contributed by atoms with Gasteiger partial charge >= 0.3 is 0 Å². The van der Waals surface area contributed by atoms with Crippen LogP contribution in [0.4, 0.5) is 0 Å². The molecule has 0 N–H and O–H groups in total. The molecule has 1 aliphatic heterocycles. The largest absolute Gasteiger partial charge is 0.290 e. The maximum Gasteiger partial charge on any atom is 0.246 e. The topological polar surface area (TPSA) is 58.4 Å². The normalized spacial score (nSPS) is 14.9. The molecule has 1 fully saturated rings. The van der Waals surface area contributed by atoms with Gasteiger partial charge < -0.3 is 0 Å². The predicted octanol–water partition coefficient (Wildman–Crippen LogP) is 5.69. The first-order chi connectivity index (χ1) is 19.6. The molecule has 0 unspecified atom stereocenters. The molecule has 0 amide bonds. The summed E-state index contributed by atoms with van der Waals surface area (Å²) in [4.78, 5) is 2.64. The van der Waals surface area contributed by atoms with Gasteiger partial charge in [0, 0.05) is 37.9 Å². The Kier molecular flexibility index (Phi) is 7.60. The Morgan fingerprint density at radius 3 is 1.70 bits per heavy atom. The van der Waals surface area contributed by atoms with Crippen LogP contribution in [0.15, 0.2) is 132 Å². The van der Waals surface area contributed by atoms with E-state index in [2.05, 4.69) is 53.4 Å². The Hall–Kier alpha value is -4.04. The van der Waals surface area contributed by atoms with E-state index in [1.165, 1.54) is 11.1 Å². The molecule has 5 aromatic rings. The Bertz CT molecular complexity index is 1590. The molecule has 6 nitrogen and oxygen atoms in total. The summed E-state index contributed by atoms with van der Waals surface area (Å²) >= 11 is 0. The molecule has 1 aromatic heterocycles. The van der Waals surface area contributed by atoms with Crippen molar-refractivity contribution in [2.75, 3.05) is 26.2 Å². The van der Waals surface area contributed by atoms with Crippen LogP contribution in [0.3, 0.4) is 0 Å². The van der Waals surface area contributed by atoms with Crippen molar-refractivity contribution >= 4 is 10.0 Å². The molecule has 6 rings (SSSR count). The van der Waals surface area contributed by atoms with Gasteiger partial charge in [0.1, 0.15) is 10.6 Å². The molecule has 0 bridgehead atoms. The van der Waals surface area contributed by atoms with E-state index >= 15 is 0 Å². The van der Waals surface area contributed by atoms with Crippen LogP contribution in [0, 0.1) is 0 Å².